The van der Waals surface area contributed by atoms with Crippen molar-refractivity contribution < 1.29 is 19.0 Å². The summed E-state index contributed by atoms with van der Waals surface area (Å²) in [5.74, 6) is 1.69. The molecule has 1 fully saturated rings. The second kappa shape index (κ2) is 12.6. The van der Waals surface area contributed by atoms with Gasteiger partial charge in [-0.3, -0.25) is 4.79 Å². The number of rotatable bonds is 9. The Morgan fingerprint density at radius 1 is 1.00 bits per heavy atom. The van der Waals surface area contributed by atoms with Crippen LogP contribution >= 0.6 is 0 Å². The van der Waals surface area contributed by atoms with Gasteiger partial charge in [0.15, 0.2) is 11.5 Å². The van der Waals surface area contributed by atoms with Crippen LogP contribution in [0, 0.1) is 12.8 Å². The first kappa shape index (κ1) is 25.1. The molecule has 1 amide bonds. The van der Waals surface area contributed by atoms with Crippen LogP contribution in [0.15, 0.2) is 42.5 Å². The molecule has 32 heavy (non-hydrogen) atoms. The van der Waals surface area contributed by atoms with Gasteiger partial charge < -0.3 is 24.0 Å². The standard InChI is InChI=1S/C24H32N2O4.C2H2/c1-25(20(17-26-12-8-9-13-26)19-10-6-5-7-11-19)23(27)16-18-14-21(28-2)24(30-4)22(15-18)29-3;1-2/h5-7,10-11,14-15,20H,8-9,12-13,16-17H2,1-4H3;1-2H/t20-;/m1./s1. The molecule has 0 unspecified atom stereocenters. The molecule has 0 aliphatic carbocycles. The molecule has 2 aromatic carbocycles. The summed E-state index contributed by atoms with van der Waals surface area (Å²) >= 11 is 0. The predicted octanol–water partition coefficient (Wildman–Crippen LogP) is 3.80. The fourth-order valence-corrected chi connectivity index (χ4v) is 4.05. The van der Waals surface area contributed by atoms with Gasteiger partial charge in [0.25, 0.3) is 0 Å². The molecule has 0 saturated carbocycles. The number of methoxy groups -OCH3 is 3. The Balaban J connectivity index is 0.00000176. The third-order valence-electron chi connectivity index (χ3n) is 5.75. The highest BCUT2D eigenvalue weighted by molar-refractivity contribution is 5.79. The van der Waals surface area contributed by atoms with Crippen LogP contribution in [0.1, 0.15) is 30.0 Å². The van der Waals surface area contributed by atoms with Crippen molar-refractivity contribution in [2.24, 2.45) is 0 Å². The molecule has 0 bridgehead atoms. The molecule has 3 rings (SSSR count). The Kier molecular flexibility index (Phi) is 9.90. The van der Waals surface area contributed by atoms with Gasteiger partial charge in [-0.05, 0) is 49.2 Å². The maximum atomic E-state index is 13.2. The molecule has 1 aliphatic rings. The molecular formula is C26H34N2O4. The third-order valence-corrected chi connectivity index (χ3v) is 5.75. The van der Waals surface area contributed by atoms with E-state index in [-0.39, 0.29) is 18.4 Å². The number of carbonyl (C=O) groups is 1. The van der Waals surface area contributed by atoms with E-state index < -0.39 is 0 Å². The molecule has 1 heterocycles. The predicted molar refractivity (Wildman–Crippen MR) is 127 cm³/mol. The Hall–Kier alpha value is -3.17. The zero-order valence-corrected chi connectivity index (χ0v) is 19.5. The van der Waals surface area contributed by atoms with E-state index in [2.05, 4.69) is 29.9 Å². The number of hydrogen-bond donors (Lipinski definition) is 0. The molecular weight excluding hydrogens is 404 g/mol. The average Bonchev–Trinajstić information content (AvgIpc) is 3.36. The normalized spacial score (nSPS) is 14.1. The lowest BCUT2D eigenvalue weighted by molar-refractivity contribution is -0.131. The zero-order valence-electron chi connectivity index (χ0n) is 19.5. The summed E-state index contributed by atoms with van der Waals surface area (Å²) in [6.07, 6.45) is 10.7. The minimum Gasteiger partial charge on any atom is -0.493 e. The summed E-state index contributed by atoms with van der Waals surface area (Å²) < 4.78 is 16.2. The highest BCUT2D eigenvalue weighted by atomic mass is 16.5. The fourth-order valence-electron chi connectivity index (χ4n) is 4.05. The lowest BCUT2D eigenvalue weighted by Crippen LogP contribution is -2.39. The quantitative estimate of drug-likeness (QED) is 0.558. The summed E-state index contributed by atoms with van der Waals surface area (Å²) in [7, 11) is 6.63. The number of amides is 1. The molecule has 0 radical (unpaired) electrons. The summed E-state index contributed by atoms with van der Waals surface area (Å²) in [5, 5.41) is 0. The Morgan fingerprint density at radius 3 is 2.06 bits per heavy atom. The smallest absolute Gasteiger partial charge is 0.227 e. The average molecular weight is 439 g/mol. The van der Waals surface area contributed by atoms with Gasteiger partial charge in [-0.25, -0.2) is 0 Å². The summed E-state index contributed by atoms with van der Waals surface area (Å²) in [6, 6.07) is 14.0. The number of benzene rings is 2. The molecule has 172 valence electrons. The van der Waals surface area contributed by atoms with E-state index in [1.807, 2.05) is 42.3 Å². The Morgan fingerprint density at radius 2 is 1.56 bits per heavy atom. The van der Waals surface area contributed by atoms with Crippen LogP contribution in [-0.2, 0) is 11.2 Å². The van der Waals surface area contributed by atoms with E-state index in [9.17, 15) is 4.79 Å². The molecule has 6 heteroatoms. The van der Waals surface area contributed by atoms with Crippen molar-refractivity contribution in [1.82, 2.24) is 9.80 Å². The van der Waals surface area contributed by atoms with Crippen molar-refractivity contribution in [2.75, 3.05) is 48.0 Å². The second-order valence-electron chi connectivity index (χ2n) is 7.65. The summed E-state index contributed by atoms with van der Waals surface area (Å²) in [5.41, 5.74) is 1.99. The van der Waals surface area contributed by atoms with Crippen LogP contribution in [0.5, 0.6) is 17.2 Å². The van der Waals surface area contributed by atoms with Crippen molar-refractivity contribution in [3.05, 3.63) is 53.6 Å². The topological polar surface area (TPSA) is 51.2 Å². The van der Waals surface area contributed by atoms with Crippen LogP contribution in [0.2, 0.25) is 0 Å². The Labute approximate surface area is 192 Å². The van der Waals surface area contributed by atoms with E-state index in [0.29, 0.717) is 17.2 Å². The SMILES string of the molecule is C#C.COc1cc(CC(=O)N(C)[C@H](CN2CCCC2)c2ccccc2)cc(OC)c1OC. The first-order valence-electron chi connectivity index (χ1n) is 10.7. The van der Waals surface area contributed by atoms with Gasteiger partial charge >= 0.3 is 0 Å². The van der Waals surface area contributed by atoms with Crippen LogP contribution in [-0.4, -0.2) is 63.7 Å². The van der Waals surface area contributed by atoms with Gasteiger partial charge in [0.05, 0.1) is 33.8 Å². The van der Waals surface area contributed by atoms with E-state index in [4.69, 9.17) is 14.2 Å². The largest absolute Gasteiger partial charge is 0.493 e. The van der Waals surface area contributed by atoms with Gasteiger partial charge in [0.1, 0.15) is 0 Å². The van der Waals surface area contributed by atoms with Crippen LogP contribution in [0.3, 0.4) is 0 Å². The monoisotopic (exact) mass is 438 g/mol. The van der Waals surface area contributed by atoms with E-state index in [0.717, 1.165) is 30.8 Å². The fraction of sp³-hybridized carbons (Fsp3) is 0.423. The Bertz CT molecular complexity index is 851. The first-order chi connectivity index (χ1) is 15.6. The number of terminal acetylenes is 1. The van der Waals surface area contributed by atoms with Crippen molar-refractivity contribution >= 4 is 5.91 Å². The lowest BCUT2D eigenvalue weighted by Gasteiger charge is -2.32. The third kappa shape index (κ3) is 6.18. The maximum absolute atomic E-state index is 13.2. The molecule has 1 atom stereocenters. The number of likely N-dealkylation sites (N-methyl/N-ethyl adjacent to an activating group) is 1. The first-order valence-corrected chi connectivity index (χ1v) is 10.7. The summed E-state index contributed by atoms with van der Waals surface area (Å²) in [6.45, 7) is 3.04. The van der Waals surface area contributed by atoms with Crippen molar-refractivity contribution in [2.45, 2.75) is 25.3 Å². The van der Waals surface area contributed by atoms with Gasteiger partial charge in [-0.15, -0.1) is 12.8 Å². The van der Waals surface area contributed by atoms with Gasteiger partial charge in [-0.2, -0.15) is 0 Å². The van der Waals surface area contributed by atoms with Gasteiger partial charge in [0, 0.05) is 13.6 Å². The van der Waals surface area contributed by atoms with E-state index in [1.165, 1.54) is 12.8 Å². The molecule has 1 saturated heterocycles. The maximum Gasteiger partial charge on any atom is 0.227 e. The van der Waals surface area contributed by atoms with E-state index >= 15 is 0 Å². The molecule has 0 N–H and O–H groups in total. The highest BCUT2D eigenvalue weighted by Gasteiger charge is 2.26. The van der Waals surface area contributed by atoms with Crippen molar-refractivity contribution in [1.29, 1.82) is 0 Å². The minimum atomic E-state index is 0.0128. The van der Waals surface area contributed by atoms with Crippen molar-refractivity contribution in [3.63, 3.8) is 0 Å². The number of likely N-dealkylation sites (tertiary alicyclic amines) is 1. The van der Waals surface area contributed by atoms with Crippen LogP contribution in [0.4, 0.5) is 0 Å². The van der Waals surface area contributed by atoms with Gasteiger partial charge in [0.2, 0.25) is 11.7 Å². The number of ether oxygens (including phenoxy) is 3. The number of carbonyl (C=O) groups excluding carboxylic acids is 1. The molecule has 0 aromatic heterocycles. The van der Waals surface area contributed by atoms with Crippen LogP contribution < -0.4 is 14.2 Å². The molecule has 2 aromatic rings. The van der Waals surface area contributed by atoms with Gasteiger partial charge in [-0.1, -0.05) is 30.3 Å². The molecule has 0 spiro atoms. The zero-order chi connectivity index (χ0) is 23.5. The molecule has 6 nitrogen and oxygen atoms in total. The lowest BCUT2D eigenvalue weighted by atomic mass is 10.0. The number of nitrogens with zero attached hydrogens (tertiary/aromatic N) is 2. The van der Waals surface area contributed by atoms with E-state index in [1.54, 1.807) is 21.3 Å². The second-order valence-corrected chi connectivity index (χ2v) is 7.65. The molecule has 1 aliphatic heterocycles. The highest BCUT2D eigenvalue weighted by Crippen LogP contribution is 2.38. The minimum absolute atomic E-state index is 0.0128. The van der Waals surface area contributed by atoms with Crippen molar-refractivity contribution in [3.8, 4) is 30.1 Å². The summed E-state index contributed by atoms with van der Waals surface area (Å²) in [4.78, 5) is 17.6. The van der Waals surface area contributed by atoms with Crippen LogP contribution in [0.25, 0.3) is 0 Å². The number of hydrogen-bond acceptors (Lipinski definition) is 5.